The number of hydrogen-bond acceptors (Lipinski definition) is 0. The quantitative estimate of drug-likeness (QED) is 0.128. The molecule has 9 aromatic rings. The van der Waals surface area contributed by atoms with E-state index in [0.717, 1.165) is 0 Å². The van der Waals surface area contributed by atoms with Crippen LogP contribution in [0.4, 0.5) is 0 Å². The second kappa shape index (κ2) is 22.9. The smallest absolute Gasteiger partial charge is 0 e. The van der Waals surface area contributed by atoms with Crippen molar-refractivity contribution in [3.05, 3.63) is 280 Å². The Morgan fingerprint density at radius 2 is 0.224 bits per heavy atom. The first-order valence-corrected chi connectivity index (χ1v) is 23.2. The third-order valence-electron chi connectivity index (χ3n) is 9.13. The summed E-state index contributed by atoms with van der Waals surface area (Å²) in [5.41, 5.74) is 0. The first kappa shape index (κ1) is 41.9. The lowest BCUT2D eigenvalue weighted by Crippen LogP contribution is -2.20. The van der Waals surface area contributed by atoms with Crippen LogP contribution in [0.5, 0.6) is 0 Å². The van der Waals surface area contributed by atoms with Crippen molar-refractivity contribution in [2.75, 3.05) is 0 Å². The predicted octanol–water partition coefficient (Wildman–Crippen LogP) is 10.4. The molecule has 0 atom stereocenters. The summed E-state index contributed by atoms with van der Waals surface area (Å²) in [6, 6.07) is 97.0. The summed E-state index contributed by atoms with van der Waals surface area (Å²) in [5, 5.41) is 12.6. The highest BCUT2D eigenvalue weighted by atomic mass is 31.1. The van der Waals surface area contributed by atoms with Crippen molar-refractivity contribution in [2.45, 2.75) is 0 Å². The maximum absolute atomic E-state index is 2.23. The molecule has 9 aromatic carbocycles. The third kappa shape index (κ3) is 11.7. The van der Waals surface area contributed by atoms with Crippen molar-refractivity contribution in [3.63, 3.8) is 0 Å². The Morgan fingerprint density at radius 3 is 0.310 bits per heavy atom. The van der Waals surface area contributed by atoms with Crippen LogP contribution in [0.1, 0.15) is 0 Å². The highest BCUT2D eigenvalue weighted by molar-refractivity contribution is 7.80. The number of hydrogen-bond donors (Lipinski definition) is 0. The first-order valence-electron chi connectivity index (χ1n) is 19.2. The van der Waals surface area contributed by atoms with Crippen molar-refractivity contribution in [1.82, 2.24) is 0 Å². The van der Waals surface area contributed by atoms with Gasteiger partial charge >= 0.3 is 0 Å². The van der Waals surface area contributed by atoms with Gasteiger partial charge in [0.1, 0.15) is 0 Å². The van der Waals surface area contributed by atoms with Crippen molar-refractivity contribution in [3.8, 4) is 0 Å². The molecule has 0 bridgehead atoms. The summed E-state index contributed by atoms with van der Waals surface area (Å²) in [5.74, 6) is 0. The van der Waals surface area contributed by atoms with E-state index in [9.17, 15) is 0 Å². The van der Waals surface area contributed by atoms with Gasteiger partial charge in [0.2, 0.25) is 0 Å². The zero-order valence-corrected chi connectivity index (χ0v) is 35.0. The standard InChI is InChI=1S/3C18H15P.C/c3*1-4-10-16(11-5-1)19(17-12-6-2-7-13-17)18-14-8-3-9-15-18;/h3*1-15H;. The summed E-state index contributed by atoms with van der Waals surface area (Å²) in [6.45, 7) is 0. The Morgan fingerprint density at radius 1 is 0.138 bits per heavy atom. The van der Waals surface area contributed by atoms with E-state index in [2.05, 4.69) is 273 Å². The van der Waals surface area contributed by atoms with Gasteiger partial charge in [-0.3, -0.25) is 0 Å². The Kier molecular flexibility index (Phi) is 16.5. The Labute approximate surface area is 350 Å². The predicted molar refractivity (Wildman–Crippen MR) is 259 cm³/mol. The van der Waals surface area contributed by atoms with Crippen molar-refractivity contribution < 1.29 is 0 Å². The molecule has 58 heavy (non-hydrogen) atoms. The summed E-state index contributed by atoms with van der Waals surface area (Å²) in [4.78, 5) is 0. The Bertz CT molecular complexity index is 1850. The fourth-order valence-electron chi connectivity index (χ4n) is 6.54. The molecule has 4 radical (unpaired) electrons. The van der Waals surface area contributed by atoms with E-state index in [0.29, 0.717) is 0 Å². The zero-order valence-electron chi connectivity index (χ0n) is 32.3. The lowest BCUT2D eigenvalue weighted by Gasteiger charge is -2.18. The average molecular weight is 799 g/mol. The lowest BCUT2D eigenvalue weighted by atomic mass is 10.4. The van der Waals surface area contributed by atoms with Crippen molar-refractivity contribution in [1.29, 1.82) is 0 Å². The molecule has 0 unspecified atom stereocenters. The summed E-state index contributed by atoms with van der Waals surface area (Å²) in [6.07, 6.45) is 0. The van der Waals surface area contributed by atoms with E-state index in [1.807, 2.05) is 0 Å². The molecule has 0 saturated heterocycles. The van der Waals surface area contributed by atoms with Crippen molar-refractivity contribution in [2.24, 2.45) is 0 Å². The molecule has 0 fully saturated rings. The van der Waals surface area contributed by atoms with Gasteiger partial charge in [-0.15, -0.1) is 0 Å². The summed E-state index contributed by atoms with van der Waals surface area (Å²) in [7, 11) is -1.34. The molecule has 0 heterocycles. The van der Waals surface area contributed by atoms with Crippen LogP contribution < -0.4 is 47.7 Å². The maximum Gasteiger partial charge on any atom is 0 e. The van der Waals surface area contributed by atoms with E-state index in [1.165, 1.54) is 47.7 Å². The molecule has 0 aliphatic carbocycles. The lowest BCUT2D eigenvalue weighted by molar-refractivity contribution is 1.74. The molecule has 0 amide bonds. The molecule has 0 N–H and O–H groups in total. The highest BCUT2D eigenvalue weighted by Gasteiger charge is 2.17. The molecule has 0 aliphatic rings. The summed E-state index contributed by atoms with van der Waals surface area (Å²) < 4.78 is 0. The monoisotopic (exact) mass is 798 g/mol. The first-order chi connectivity index (χ1) is 28.3. The highest BCUT2D eigenvalue weighted by Crippen LogP contribution is 2.34. The van der Waals surface area contributed by atoms with Crippen LogP contribution in [0.15, 0.2) is 273 Å². The molecule has 280 valence electrons. The Hall–Kier alpha value is -5.73. The maximum atomic E-state index is 2.23. The van der Waals surface area contributed by atoms with E-state index in [1.54, 1.807) is 0 Å². The number of rotatable bonds is 9. The second-order valence-corrected chi connectivity index (χ2v) is 19.7. The minimum Gasteiger partial charge on any atom is -0.0622 e. The Balaban J connectivity index is 0.000000145. The van der Waals surface area contributed by atoms with Gasteiger partial charge < -0.3 is 0 Å². The fraction of sp³-hybridized carbons (Fsp3) is 0. The van der Waals surface area contributed by atoms with Crippen LogP contribution in [0.2, 0.25) is 0 Å². The molecule has 0 nitrogen and oxygen atoms in total. The zero-order chi connectivity index (χ0) is 38.7. The van der Waals surface area contributed by atoms with Crippen LogP contribution in [-0.2, 0) is 0 Å². The van der Waals surface area contributed by atoms with Crippen LogP contribution in [0.3, 0.4) is 0 Å². The largest absolute Gasteiger partial charge is 0.0622 e. The molecule has 0 saturated carbocycles. The normalized spacial score (nSPS) is 10.4. The average Bonchev–Trinajstić information content (AvgIpc) is 3.30. The molecule has 9 rings (SSSR count). The van der Waals surface area contributed by atoms with Gasteiger partial charge in [0, 0.05) is 7.43 Å². The molecule has 0 aliphatic heterocycles. The van der Waals surface area contributed by atoms with Gasteiger partial charge in [-0.1, -0.05) is 273 Å². The molecule has 3 heteroatoms. The second-order valence-electron chi connectivity index (χ2n) is 13.0. The third-order valence-corrected chi connectivity index (χ3v) is 16.5. The van der Waals surface area contributed by atoms with Gasteiger partial charge in [0.15, 0.2) is 0 Å². The molecular weight excluding hydrogens is 754 g/mol. The summed E-state index contributed by atoms with van der Waals surface area (Å²) >= 11 is 0. The van der Waals surface area contributed by atoms with Crippen LogP contribution in [0, 0.1) is 7.43 Å². The van der Waals surface area contributed by atoms with E-state index in [4.69, 9.17) is 0 Å². The van der Waals surface area contributed by atoms with Crippen LogP contribution in [-0.4, -0.2) is 0 Å². The minimum atomic E-state index is -0.446. The minimum absolute atomic E-state index is 0. The number of benzene rings is 9. The van der Waals surface area contributed by atoms with Crippen molar-refractivity contribution >= 4 is 71.5 Å². The van der Waals surface area contributed by atoms with Gasteiger partial charge in [-0.25, -0.2) is 0 Å². The van der Waals surface area contributed by atoms with Crippen LogP contribution in [0.25, 0.3) is 0 Å². The topological polar surface area (TPSA) is 0 Å². The van der Waals surface area contributed by atoms with Gasteiger partial charge in [0.25, 0.3) is 0 Å². The van der Waals surface area contributed by atoms with E-state index < -0.39 is 23.8 Å². The van der Waals surface area contributed by atoms with Gasteiger partial charge in [0.05, 0.1) is 0 Å². The van der Waals surface area contributed by atoms with Gasteiger partial charge in [-0.05, 0) is 71.5 Å². The molecule has 0 aromatic heterocycles. The fourth-order valence-corrected chi connectivity index (χ4v) is 13.5. The van der Waals surface area contributed by atoms with Gasteiger partial charge in [-0.2, -0.15) is 0 Å². The molecular formula is C55H45P3. The van der Waals surface area contributed by atoms with E-state index in [-0.39, 0.29) is 7.43 Å². The SMILES string of the molecule is [C].c1ccc(P(c2ccccc2)c2ccccc2)cc1.c1ccc(P(c2ccccc2)c2ccccc2)cc1.c1ccc(P(c2ccccc2)c2ccccc2)cc1. The van der Waals surface area contributed by atoms with Crippen LogP contribution >= 0.6 is 23.8 Å². The molecule has 0 spiro atoms. The van der Waals surface area contributed by atoms with E-state index >= 15 is 0 Å².